The maximum absolute atomic E-state index is 4.47. The molecule has 4 heteroatoms. The highest BCUT2D eigenvalue weighted by molar-refractivity contribution is 4.90. The molecule has 1 aliphatic rings. The lowest BCUT2D eigenvalue weighted by molar-refractivity contribution is 0.205. The van der Waals surface area contributed by atoms with Crippen LogP contribution < -0.4 is 5.32 Å². The SMILES string of the molecule is CC(C)CNCc1ncnn1C1CC(C)CC(C)C1. The topological polar surface area (TPSA) is 42.7 Å². The third-order valence-corrected chi connectivity index (χ3v) is 3.98. The van der Waals surface area contributed by atoms with Crippen molar-refractivity contribution in [1.29, 1.82) is 0 Å². The lowest BCUT2D eigenvalue weighted by atomic mass is 9.80. The Bertz CT molecular complexity index is 375. The van der Waals surface area contributed by atoms with Crippen LogP contribution in [-0.2, 0) is 6.54 Å². The van der Waals surface area contributed by atoms with Gasteiger partial charge in [0.25, 0.3) is 0 Å². The lowest BCUT2D eigenvalue weighted by Crippen LogP contribution is -2.27. The van der Waals surface area contributed by atoms with Gasteiger partial charge in [0.15, 0.2) is 0 Å². The first-order valence-electron chi connectivity index (χ1n) is 7.65. The molecule has 0 aromatic carbocycles. The monoisotopic (exact) mass is 264 g/mol. The molecule has 0 bridgehead atoms. The van der Waals surface area contributed by atoms with E-state index in [0.29, 0.717) is 12.0 Å². The van der Waals surface area contributed by atoms with E-state index >= 15 is 0 Å². The van der Waals surface area contributed by atoms with Gasteiger partial charge in [-0.3, -0.25) is 0 Å². The van der Waals surface area contributed by atoms with Gasteiger partial charge in [0.2, 0.25) is 0 Å². The minimum Gasteiger partial charge on any atom is -0.310 e. The normalized spacial score (nSPS) is 27.9. The van der Waals surface area contributed by atoms with Gasteiger partial charge in [0.1, 0.15) is 12.2 Å². The van der Waals surface area contributed by atoms with Crippen molar-refractivity contribution in [2.24, 2.45) is 17.8 Å². The fourth-order valence-corrected chi connectivity index (χ4v) is 3.28. The summed E-state index contributed by atoms with van der Waals surface area (Å²) in [4.78, 5) is 4.43. The minimum absolute atomic E-state index is 0.539. The van der Waals surface area contributed by atoms with Crippen LogP contribution in [0.5, 0.6) is 0 Å². The molecule has 108 valence electrons. The second-order valence-electron chi connectivity index (χ2n) is 6.72. The average molecular weight is 264 g/mol. The van der Waals surface area contributed by atoms with Crippen molar-refractivity contribution in [2.75, 3.05) is 6.54 Å². The van der Waals surface area contributed by atoms with Crippen LogP contribution in [0.1, 0.15) is 58.8 Å². The Balaban J connectivity index is 1.98. The van der Waals surface area contributed by atoms with Crippen LogP contribution in [0.25, 0.3) is 0 Å². The van der Waals surface area contributed by atoms with Crippen LogP contribution in [0, 0.1) is 17.8 Å². The van der Waals surface area contributed by atoms with E-state index in [-0.39, 0.29) is 0 Å². The third kappa shape index (κ3) is 4.03. The first kappa shape index (κ1) is 14.5. The molecule has 2 rings (SSSR count). The van der Waals surface area contributed by atoms with Crippen LogP contribution in [-0.4, -0.2) is 21.3 Å². The lowest BCUT2D eigenvalue weighted by Gasteiger charge is -2.32. The van der Waals surface area contributed by atoms with Crippen molar-refractivity contribution in [1.82, 2.24) is 20.1 Å². The summed E-state index contributed by atoms with van der Waals surface area (Å²) in [6, 6.07) is 0.539. The zero-order valence-corrected chi connectivity index (χ0v) is 12.8. The molecule has 0 saturated heterocycles. The Hall–Kier alpha value is -0.900. The maximum atomic E-state index is 4.47. The summed E-state index contributed by atoms with van der Waals surface area (Å²) >= 11 is 0. The molecule has 1 saturated carbocycles. The summed E-state index contributed by atoms with van der Waals surface area (Å²) < 4.78 is 2.17. The van der Waals surface area contributed by atoms with E-state index in [1.54, 1.807) is 6.33 Å². The van der Waals surface area contributed by atoms with Gasteiger partial charge in [-0.1, -0.05) is 27.7 Å². The molecule has 1 heterocycles. The van der Waals surface area contributed by atoms with Crippen LogP contribution in [0.3, 0.4) is 0 Å². The molecule has 0 spiro atoms. The summed E-state index contributed by atoms with van der Waals surface area (Å²) in [5.41, 5.74) is 0. The average Bonchev–Trinajstić information content (AvgIpc) is 2.75. The summed E-state index contributed by atoms with van der Waals surface area (Å²) in [5.74, 6) is 3.36. The predicted molar refractivity (Wildman–Crippen MR) is 77.8 cm³/mol. The van der Waals surface area contributed by atoms with E-state index in [0.717, 1.165) is 30.7 Å². The zero-order valence-electron chi connectivity index (χ0n) is 12.8. The van der Waals surface area contributed by atoms with Gasteiger partial charge in [-0.05, 0) is 43.6 Å². The van der Waals surface area contributed by atoms with Crippen LogP contribution >= 0.6 is 0 Å². The van der Waals surface area contributed by atoms with Crippen molar-refractivity contribution < 1.29 is 0 Å². The fourth-order valence-electron chi connectivity index (χ4n) is 3.28. The molecular weight excluding hydrogens is 236 g/mol. The number of hydrogen-bond acceptors (Lipinski definition) is 3. The molecule has 0 aliphatic heterocycles. The van der Waals surface area contributed by atoms with E-state index in [9.17, 15) is 0 Å². The zero-order chi connectivity index (χ0) is 13.8. The molecule has 1 fully saturated rings. The number of rotatable bonds is 5. The quantitative estimate of drug-likeness (QED) is 0.889. The first-order valence-corrected chi connectivity index (χ1v) is 7.65. The first-order chi connectivity index (χ1) is 9.06. The highest BCUT2D eigenvalue weighted by Gasteiger charge is 2.27. The van der Waals surface area contributed by atoms with Crippen molar-refractivity contribution in [3.8, 4) is 0 Å². The summed E-state index contributed by atoms with van der Waals surface area (Å²) in [6.45, 7) is 11.0. The second kappa shape index (κ2) is 6.51. The number of hydrogen-bond donors (Lipinski definition) is 1. The summed E-state index contributed by atoms with van der Waals surface area (Å²) in [6.07, 6.45) is 5.54. The van der Waals surface area contributed by atoms with Gasteiger partial charge in [-0.2, -0.15) is 5.10 Å². The standard InChI is InChI=1S/C15H28N4/c1-11(2)8-16-9-15-17-10-18-19(15)14-6-12(3)5-13(4)7-14/h10-14,16H,5-9H2,1-4H3. The minimum atomic E-state index is 0.539. The van der Waals surface area contributed by atoms with Gasteiger partial charge >= 0.3 is 0 Å². The van der Waals surface area contributed by atoms with Gasteiger partial charge in [-0.15, -0.1) is 0 Å². The Kier molecular flexibility index (Phi) is 4.97. The second-order valence-corrected chi connectivity index (χ2v) is 6.72. The van der Waals surface area contributed by atoms with Gasteiger partial charge < -0.3 is 5.32 Å². The van der Waals surface area contributed by atoms with E-state index in [4.69, 9.17) is 0 Å². The summed E-state index contributed by atoms with van der Waals surface area (Å²) in [5, 5.41) is 7.94. The molecule has 1 aromatic rings. The van der Waals surface area contributed by atoms with Gasteiger partial charge in [-0.25, -0.2) is 9.67 Å². The highest BCUT2D eigenvalue weighted by Crippen LogP contribution is 2.35. The molecule has 1 N–H and O–H groups in total. The summed E-state index contributed by atoms with van der Waals surface area (Å²) in [7, 11) is 0. The van der Waals surface area contributed by atoms with E-state index in [2.05, 4.69) is 47.8 Å². The predicted octanol–water partition coefficient (Wildman–Crippen LogP) is 3.02. The van der Waals surface area contributed by atoms with E-state index in [1.165, 1.54) is 19.3 Å². The van der Waals surface area contributed by atoms with Crippen LogP contribution in [0.15, 0.2) is 6.33 Å². The molecule has 2 unspecified atom stereocenters. The molecular formula is C15H28N4. The molecule has 1 aliphatic carbocycles. The molecule has 1 aromatic heterocycles. The number of nitrogens with one attached hydrogen (secondary N) is 1. The molecule has 19 heavy (non-hydrogen) atoms. The Morgan fingerprint density at radius 2 is 1.95 bits per heavy atom. The largest absolute Gasteiger partial charge is 0.310 e. The molecule has 0 amide bonds. The number of aromatic nitrogens is 3. The van der Waals surface area contributed by atoms with Crippen molar-refractivity contribution in [3.63, 3.8) is 0 Å². The third-order valence-electron chi connectivity index (χ3n) is 3.98. The van der Waals surface area contributed by atoms with Gasteiger partial charge in [0, 0.05) is 0 Å². The number of nitrogens with zero attached hydrogens (tertiary/aromatic N) is 3. The van der Waals surface area contributed by atoms with Gasteiger partial charge in [0.05, 0.1) is 12.6 Å². The van der Waals surface area contributed by atoms with E-state index < -0.39 is 0 Å². The fraction of sp³-hybridized carbons (Fsp3) is 0.867. The Labute approximate surface area is 117 Å². The molecule has 0 radical (unpaired) electrons. The maximum Gasteiger partial charge on any atom is 0.141 e. The van der Waals surface area contributed by atoms with Crippen LogP contribution in [0.4, 0.5) is 0 Å². The molecule has 4 nitrogen and oxygen atoms in total. The highest BCUT2D eigenvalue weighted by atomic mass is 15.4. The van der Waals surface area contributed by atoms with Crippen molar-refractivity contribution >= 4 is 0 Å². The molecule has 2 atom stereocenters. The Morgan fingerprint density at radius 1 is 1.26 bits per heavy atom. The smallest absolute Gasteiger partial charge is 0.141 e. The van der Waals surface area contributed by atoms with Crippen molar-refractivity contribution in [2.45, 2.75) is 59.5 Å². The van der Waals surface area contributed by atoms with Crippen molar-refractivity contribution in [3.05, 3.63) is 12.2 Å². The van der Waals surface area contributed by atoms with E-state index in [1.807, 2.05) is 0 Å². The van der Waals surface area contributed by atoms with Crippen LogP contribution in [0.2, 0.25) is 0 Å². The Morgan fingerprint density at radius 3 is 2.58 bits per heavy atom.